The maximum atomic E-state index is 6.18. The summed E-state index contributed by atoms with van der Waals surface area (Å²) in [6, 6.07) is 19.1. The number of benzene rings is 2. The molecule has 0 bridgehead atoms. The molecule has 7 heteroatoms. The summed E-state index contributed by atoms with van der Waals surface area (Å²) in [6.07, 6.45) is 4.16. The number of H-pyrrole nitrogens is 1. The SMILES string of the molecule is c1ccc(Oc2ccc(Oc3ccnc4[nH]nc(NC[C@@H]5CCCNC5)c34)cc2)cc1. The first-order chi connectivity index (χ1) is 15.3. The topological polar surface area (TPSA) is 84.1 Å². The molecule has 1 aliphatic heterocycles. The van der Waals surface area contributed by atoms with E-state index in [9.17, 15) is 0 Å². The van der Waals surface area contributed by atoms with E-state index in [0.717, 1.165) is 48.1 Å². The number of aromatic amines is 1. The van der Waals surface area contributed by atoms with Crippen LogP contribution in [-0.4, -0.2) is 34.8 Å². The molecule has 158 valence electrons. The lowest BCUT2D eigenvalue weighted by Crippen LogP contribution is -2.33. The third kappa shape index (κ3) is 4.62. The molecule has 0 amide bonds. The Morgan fingerprint density at radius 1 is 0.935 bits per heavy atom. The monoisotopic (exact) mass is 415 g/mol. The molecule has 31 heavy (non-hydrogen) atoms. The number of para-hydroxylation sites is 1. The average molecular weight is 415 g/mol. The lowest BCUT2D eigenvalue weighted by Gasteiger charge is -2.22. The van der Waals surface area contributed by atoms with Crippen LogP contribution < -0.4 is 20.1 Å². The lowest BCUT2D eigenvalue weighted by molar-refractivity contribution is 0.392. The highest BCUT2D eigenvalue weighted by Crippen LogP contribution is 2.34. The molecule has 3 heterocycles. The van der Waals surface area contributed by atoms with E-state index in [-0.39, 0.29) is 0 Å². The number of pyridine rings is 1. The minimum Gasteiger partial charge on any atom is -0.457 e. The van der Waals surface area contributed by atoms with Gasteiger partial charge < -0.3 is 20.1 Å². The molecule has 3 N–H and O–H groups in total. The molecule has 5 rings (SSSR count). The molecule has 0 saturated carbocycles. The number of rotatable bonds is 7. The van der Waals surface area contributed by atoms with Gasteiger partial charge in [-0.1, -0.05) is 18.2 Å². The molecule has 1 saturated heterocycles. The lowest BCUT2D eigenvalue weighted by atomic mass is 10.00. The Morgan fingerprint density at radius 3 is 2.48 bits per heavy atom. The quantitative estimate of drug-likeness (QED) is 0.396. The van der Waals surface area contributed by atoms with Gasteiger partial charge in [-0.3, -0.25) is 5.10 Å². The van der Waals surface area contributed by atoms with E-state index in [1.165, 1.54) is 12.8 Å². The van der Waals surface area contributed by atoms with Crippen molar-refractivity contribution in [3.63, 3.8) is 0 Å². The molecule has 1 fully saturated rings. The number of nitrogens with one attached hydrogen (secondary N) is 3. The molecular formula is C24H25N5O2. The number of ether oxygens (including phenoxy) is 2. The van der Waals surface area contributed by atoms with Gasteiger partial charge in [0.15, 0.2) is 11.5 Å². The molecule has 2 aromatic carbocycles. The predicted molar refractivity (Wildman–Crippen MR) is 121 cm³/mol. The largest absolute Gasteiger partial charge is 0.457 e. The molecule has 7 nitrogen and oxygen atoms in total. The molecule has 2 aromatic heterocycles. The van der Waals surface area contributed by atoms with Gasteiger partial charge >= 0.3 is 0 Å². The summed E-state index contributed by atoms with van der Waals surface area (Å²) < 4.78 is 12.0. The summed E-state index contributed by atoms with van der Waals surface area (Å²) in [5.74, 6) is 4.35. The van der Waals surface area contributed by atoms with E-state index >= 15 is 0 Å². The van der Waals surface area contributed by atoms with Crippen LogP contribution in [0.2, 0.25) is 0 Å². The van der Waals surface area contributed by atoms with Crippen molar-refractivity contribution in [2.45, 2.75) is 12.8 Å². The summed E-state index contributed by atoms with van der Waals surface area (Å²) in [4.78, 5) is 4.39. The predicted octanol–water partition coefficient (Wildman–Crippen LogP) is 4.95. The van der Waals surface area contributed by atoms with Gasteiger partial charge in [-0.25, -0.2) is 4.98 Å². The fraction of sp³-hybridized carbons (Fsp3) is 0.250. The van der Waals surface area contributed by atoms with Gasteiger partial charge in [-0.2, -0.15) is 5.10 Å². The number of anilines is 1. The summed E-state index contributed by atoms with van der Waals surface area (Å²) in [5, 5.41) is 15.2. The second-order valence-electron chi connectivity index (χ2n) is 7.69. The van der Waals surface area contributed by atoms with E-state index in [1.54, 1.807) is 6.20 Å². The van der Waals surface area contributed by atoms with Gasteiger partial charge in [0.25, 0.3) is 0 Å². The number of aromatic nitrogens is 3. The summed E-state index contributed by atoms with van der Waals surface area (Å²) in [7, 11) is 0. The third-order valence-electron chi connectivity index (χ3n) is 5.41. The van der Waals surface area contributed by atoms with E-state index < -0.39 is 0 Å². The number of fused-ring (bicyclic) bond motifs is 1. The van der Waals surface area contributed by atoms with Crippen molar-refractivity contribution < 1.29 is 9.47 Å². The van der Waals surface area contributed by atoms with Crippen LogP contribution in [0.15, 0.2) is 66.9 Å². The standard InChI is InChI=1S/C24H25N5O2/c1-2-6-18(7-3-1)30-19-8-10-20(11-9-19)31-21-12-14-26-23-22(21)24(29-28-23)27-16-17-5-4-13-25-15-17/h1-3,6-12,14,17,25H,4-5,13,15-16H2,(H2,26,27,28,29)/t17-/m1/s1. The van der Waals surface area contributed by atoms with Crippen LogP contribution in [-0.2, 0) is 0 Å². The van der Waals surface area contributed by atoms with Gasteiger partial charge in [0.05, 0.1) is 0 Å². The summed E-state index contributed by atoms with van der Waals surface area (Å²) in [5.41, 5.74) is 0.700. The van der Waals surface area contributed by atoms with E-state index in [4.69, 9.17) is 9.47 Å². The molecule has 0 unspecified atom stereocenters. The van der Waals surface area contributed by atoms with Crippen LogP contribution in [0.25, 0.3) is 11.0 Å². The summed E-state index contributed by atoms with van der Waals surface area (Å²) in [6.45, 7) is 3.01. The zero-order chi connectivity index (χ0) is 20.9. The highest BCUT2D eigenvalue weighted by atomic mass is 16.5. The Balaban J connectivity index is 1.31. The van der Waals surface area contributed by atoms with Crippen LogP contribution in [0, 0.1) is 5.92 Å². The first-order valence-corrected chi connectivity index (χ1v) is 10.6. The first kappa shape index (κ1) is 19.4. The average Bonchev–Trinajstić information content (AvgIpc) is 3.25. The van der Waals surface area contributed by atoms with Crippen molar-refractivity contribution >= 4 is 16.9 Å². The van der Waals surface area contributed by atoms with Crippen molar-refractivity contribution in [1.82, 2.24) is 20.5 Å². The second-order valence-corrected chi connectivity index (χ2v) is 7.69. The molecule has 4 aromatic rings. The Hall–Kier alpha value is -3.58. The van der Waals surface area contributed by atoms with Crippen LogP contribution in [0.5, 0.6) is 23.0 Å². The van der Waals surface area contributed by atoms with Gasteiger partial charge in [0.2, 0.25) is 0 Å². The Kier molecular flexibility index (Phi) is 5.66. The second kappa shape index (κ2) is 9.06. The minimum atomic E-state index is 0.596. The normalized spacial score (nSPS) is 16.2. The highest BCUT2D eigenvalue weighted by Gasteiger charge is 2.17. The zero-order valence-corrected chi connectivity index (χ0v) is 17.2. The minimum absolute atomic E-state index is 0.596. The van der Waals surface area contributed by atoms with Crippen molar-refractivity contribution in [2.75, 3.05) is 25.0 Å². The molecule has 0 radical (unpaired) electrons. The first-order valence-electron chi connectivity index (χ1n) is 10.6. The molecule has 1 aliphatic rings. The van der Waals surface area contributed by atoms with Gasteiger partial charge in [0.1, 0.15) is 28.4 Å². The number of piperidine rings is 1. The van der Waals surface area contributed by atoms with E-state index in [1.807, 2.05) is 60.7 Å². The number of nitrogens with zero attached hydrogens (tertiary/aromatic N) is 2. The molecule has 0 spiro atoms. The van der Waals surface area contributed by atoms with Crippen LogP contribution in [0.4, 0.5) is 5.82 Å². The fourth-order valence-corrected chi connectivity index (χ4v) is 3.80. The molecular weight excluding hydrogens is 390 g/mol. The van der Waals surface area contributed by atoms with Crippen molar-refractivity contribution in [3.05, 3.63) is 66.9 Å². The molecule has 1 atom stereocenters. The fourth-order valence-electron chi connectivity index (χ4n) is 3.80. The number of hydrogen-bond donors (Lipinski definition) is 3. The Bertz CT molecular complexity index is 1120. The highest BCUT2D eigenvalue weighted by molar-refractivity contribution is 5.92. The maximum Gasteiger partial charge on any atom is 0.161 e. The van der Waals surface area contributed by atoms with Gasteiger partial charge in [-0.15, -0.1) is 0 Å². The van der Waals surface area contributed by atoms with Crippen LogP contribution in [0.3, 0.4) is 0 Å². The molecule has 0 aliphatic carbocycles. The van der Waals surface area contributed by atoms with Crippen molar-refractivity contribution in [1.29, 1.82) is 0 Å². The third-order valence-corrected chi connectivity index (χ3v) is 5.41. The Morgan fingerprint density at radius 2 is 1.71 bits per heavy atom. The van der Waals surface area contributed by atoms with Crippen molar-refractivity contribution in [2.24, 2.45) is 5.92 Å². The van der Waals surface area contributed by atoms with Gasteiger partial charge in [0, 0.05) is 18.8 Å². The number of hydrogen-bond acceptors (Lipinski definition) is 6. The van der Waals surface area contributed by atoms with Crippen molar-refractivity contribution in [3.8, 4) is 23.0 Å². The van der Waals surface area contributed by atoms with Crippen LogP contribution >= 0.6 is 0 Å². The Labute approximate surface area is 180 Å². The van der Waals surface area contributed by atoms with E-state index in [2.05, 4.69) is 25.8 Å². The maximum absolute atomic E-state index is 6.18. The zero-order valence-electron chi connectivity index (χ0n) is 17.2. The van der Waals surface area contributed by atoms with Crippen LogP contribution in [0.1, 0.15) is 12.8 Å². The summed E-state index contributed by atoms with van der Waals surface area (Å²) >= 11 is 0. The van der Waals surface area contributed by atoms with Gasteiger partial charge in [-0.05, 0) is 68.2 Å². The smallest absolute Gasteiger partial charge is 0.161 e. The van der Waals surface area contributed by atoms with E-state index in [0.29, 0.717) is 17.3 Å².